The number of aliphatic carboxylic acids is 1. The highest BCUT2D eigenvalue weighted by Crippen LogP contribution is 2.78. The second-order valence-electron chi connectivity index (χ2n) is 23.2. The quantitative estimate of drug-likeness (QED) is 0.0745. The molecule has 0 bridgehead atoms. The van der Waals surface area contributed by atoms with Gasteiger partial charge < -0.3 is 89.7 Å². The monoisotopic (exact) mass is 987 g/mol. The molecular weight excluding hydrogens is 909 g/mol. The predicted octanol–water partition coefficient (Wildman–Crippen LogP) is 0.148. The van der Waals surface area contributed by atoms with Gasteiger partial charge in [-0.3, -0.25) is 9.59 Å². The molecule has 0 aromatic carbocycles. The summed E-state index contributed by atoms with van der Waals surface area (Å²) >= 11 is 0. The van der Waals surface area contributed by atoms with E-state index in [9.17, 15) is 66.1 Å². The van der Waals surface area contributed by atoms with Crippen molar-refractivity contribution in [1.29, 1.82) is 0 Å². The van der Waals surface area contributed by atoms with Crippen molar-refractivity contribution in [2.75, 3.05) is 13.2 Å². The van der Waals surface area contributed by atoms with Gasteiger partial charge in [-0.2, -0.15) is 0 Å². The Morgan fingerprint density at radius 3 is 2.03 bits per heavy atom. The molecule has 69 heavy (non-hydrogen) atoms. The Kier molecular flexibility index (Phi) is 14.3. The van der Waals surface area contributed by atoms with E-state index in [0.717, 1.165) is 44.1 Å². The van der Waals surface area contributed by atoms with Gasteiger partial charge in [0.2, 0.25) is 0 Å². The number of allylic oxidation sites excluding steroid dienone is 1. The van der Waals surface area contributed by atoms with E-state index in [0.29, 0.717) is 38.5 Å². The van der Waals surface area contributed by atoms with Crippen molar-refractivity contribution in [3.8, 4) is 0 Å². The molecule has 5 saturated carbocycles. The van der Waals surface area contributed by atoms with Crippen LogP contribution in [0.5, 0.6) is 0 Å². The minimum absolute atomic E-state index is 0.0000724. The third kappa shape index (κ3) is 8.00. The molecule has 0 radical (unpaired) electrons. The van der Waals surface area contributed by atoms with Gasteiger partial charge in [0.05, 0.1) is 30.1 Å². The smallest absolute Gasteiger partial charge is 0.357 e. The van der Waals surface area contributed by atoms with Gasteiger partial charge in [0.25, 0.3) is 0 Å². The number of aliphatic hydroxyl groups is 11. The zero-order valence-electron chi connectivity index (χ0n) is 40.6. The summed E-state index contributed by atoms with van der Waals surface area (Å²) in [7, 11) is 0. The van der Waals surface area contributed by atoms with Crippen LogP contribution in [0.1, 0.15) is 119 Å². The van der Waals surface area contributed by atoms with Gasteiger partial charge >= 0.3 is 23.9 Å². The van der Waals surface area contributed by atoms with Crippen LogP contribution in [-0.4, -0.2) is 178 Å². The third-order valence-electron chi connectivity index (χ3n) is 20.2. The molecule has 20 heteroatoms. The fraction of sp³-hybridized carbons (Fsp3) is 0.918. The molecule has 0 aromatic heterocycles. The molecule has 25 unspecified atom stereocenters. The van der Waals surface area contributed by atoms with Crippen LogP contribution in [0.15, 0.2) is 12.2 Å². The first-order valence-electron chi connectivity index (χ1n) is 25.1. The van der Waals surface area contributed by atoms with E-state index in [-0.39, 0.29) is 45.8 Å². The fourth-order valence-corrected chi connectivity index (χ4v) is 16.0. The summed E-state index contributed by atoms with van der Waals surface area (Å²) in [6.45, 7) is 14.8. The average Bonchev–Trinajstić information content (AvgIpc) is 3.71. The maximum Gasteiger partial charge on any atom is 0.357 e. The molecule has 25 atom stereocenters. The van der Waals surface area contributed by atoms with E-state index < -0.39 is 127 Å². The molecular formula is C49H78O20. The van der Waals surface area contributed by atoms with Crippen LogP contribution < -0.4 is 0 Å². The van der Waals surface area contributed by atoms with E-state index in [4.69, 9.17) is 28.4 Å². The number of carbonyl (C=O) groups excluding carboxylic acids is 1. The molecule has 3 aliphatic heterocycles. The van der Waals surface area contributed by atoms with Crippen LogP contribution in [0.2, 0.25) is 0 Å². The van der Waals surface area contributed by atoms with Gasteiger partial charge in [0.1, 0.15) is 54.9 Å². The van der Waals surface area contributed by atoms with Crippen molar-refractivity contribution >= 4 is 11.9 Å². The molecule has 0 spiro atoms. The Morgan fingerprint density at radius 2 is 1.38 bits per heavy atom. The summed E-state index contributed by atoms with van der Waals surface area (Å²) in [5, 5.41) is 131. The molecule has 20 nitrogen and oxygen atoms in total. The van der Waals surface area contributed by atoms with Crippen molar-refractivity contribution in [1.82, 2.24) is 0 Å². The number of esters is 1. The lowest BCUT2D eigenvalue weighted by atomic mass is 9.32. The maximum atomic E-state index is 15.1. The van der Waals surface area contributed by atoms with E-state index in [1.54, 1.807) is 0 Å². The van der Waals surface area contributed by atoms with Gasteiger partial charge in [-0.1, -0.05) is 46.3 Å². The largest absolute Gasteiger partial charge is 0.481 e. The molecule has 394 valence electrons. The zero-order valence-corrected chi connectivity index (χ0v) is 40.6. The number of ether oxygens (including phenoxy) is 6. The first kappa shape index (κ1) is 53.3. The Hall–Kier alpha value is -1.96. The first-order chi connectivity index (χ1) is 32.1. The number of rotatable bonds is 11. The number of carboxylic acids is 1. The molecule has 8 fully saturated rings. The lowest BCUT2D eigenvalue weighted by molar-refractivity contribution is -0.474. The van der Waals surface area contributed by atoms with Crippen LogP contribution in [0.3, 0.4) is 0 Å². The summed E-state index contributed by atoms with van der Waals surface area (Å²) in [5.41, 5.74) is -1.67. The second-order valence-corrected chi connectivity index (χ2v) is 23.2. The molecule has 3 saturated heterocycles. The van der Waals surface area contributed by atoms with Crippen LogP contribution in [0, 0.1) is 56.7 Å². The minimum atomic E-state index is -3.28. The Morgan fingerprint density at radius 1 is 0.710 bits per heavy atom. The summed E-state index contributed by atoms with van der Waals surface area (Å²) in [5.74, 6) is -8.18. The number of aliphatic hydroxyl groups excluding tert-OH is 9. The number of carbonyl (C=O) groups is 2. The molecule has 8 aliphatic rings. The highest BCUT2D eigenvalue weighted by molar-refractivity contribution is 5.79. The zero-order chi connectivity index (χ0) is 50.8. The standard InChI is InChI=1S/C49H78O20/c1-8-22(2)24-12-17-47(19-18-45(6)25(30(24)47)10-11-29-43(4)14-9-15-44(5,41(59)60)28(43)13-16-46(29,45)7)42(61)69-49(63)38(57)34(54)32(52)27(68-49)21-64-48(62)39(58)36(56)37(26(20-50)67-48)66-40-35(55)33(53)31(51)23(3)65-40/h23-40,50-58,62-63H,2,8-21H2,1,3-7H3,(H,59,60). The SMILES string of the molecule is C=C(CC)C1CCC2(C(=O)OC3(O)OC(COC4(O)OC(CO)C(OC5OC(C)C(O)C(O)C5O)C(O)C4O)C(O)C(O)C3O)CCC3(C)C(CCC4C5(C)CCCC(C)(C(=O)O)C5CCC43C)C12. The maximum absolute atomic E-state index is 15.1. The normalized spacial score (nSPS) is 55.1. The number of hydrogen-bond donors (Lipinski definition) is 12. The minimum Gasteiger partial charge on any atom is -0.481 e. The summed E-state index contributed by atoms with van der Waals surface area (Å²) in [6.07, 6.45) is -16.1. The lowest BCUT2D eigenvalue weighted by Gasteiger charge is -2.72. The van der Waals surface area contributed by atoms with Gasteiger partial charge in [-0.25, -0.2) is 0 Å². The van der Waals surface area contributed by atoms with Crippen LogP contribution in [0.4, 0.5) is 0 Å². The van der Waals surface area contributed by atoms with E-state index >= 15 is 4.79 Å². The Bertz CT molecular complexity index is 1940. The van der Waals surface area contributed by atoms with Crippen molar-refractivity contribution < 1.29 is 99.3 Å². The summed E-state index contributed by atoms with van der Waals surface area (Å²) < 4.78 is 33.4. The number of fused-ring (bicyclic) bond motifs is 7. The molecule has 12 N–H and O–H groups in total. The molecule has 8 rings (SSSR count). The number of hydrogen-bond acceptors (Lipinski definition) is 19. The van der Waals surface area contributed by atoms with Gasteiger partial charge in [-0.05, 0) is 130 Å². The second kappa shape index (κ2) is 18.5. The summed E-state index contributed by atoms with van der Waals surface area (Å²) in [4.78, 5) is 27.9. The first-order valence-corrected chi connectivity index (χ1v) is 25.1. The van der Waals surface area contributed by atoms with Gasteiger partial charge in [0.15, 0.2) is 18.5 Å². The van der Waals surface area contributed by atoms with Crippen LogP contribution >= 0.6 is 0 Å². The Balaban J connectivity index is 1.01. The van der Waals surface area contributed by atoms with E-state index in [1.165, 1.54) is 6.92 Å². The molecule has 0 amide bonds. The van der Waals surface area contributed by atoms with E-state index in [2.05, 4.69) is 27.4 Å². The van der Waals surface area contributed by atoms with Crippen LogP contribution in [0.25, 0.3) is 0 Å². The Labute approximate surface area is 402 Å². The van der Waals surface area contributed by atoms with Crippen molar-refractivity contribution in [2.24, 2.45) is 56.7 Å². The van der Waals surface area contributed by atoms with Crippen molar-refractivity contribution in [3.63, 3.8) is 0 Å². The van der Waals surface area contributed by atoms with Gasteiger partial charge in [-0.15, -0.1) is 0 Å². The summed E-state index contributed by atoms with van der Waals surface area (Å²) in [6, 6.07) is 0. The topological polar surface area (TPSA) is 332 Å². The lowest BCUT2D eigenvalue weighted by Crippen LogP contribution is -2.70. The fourth-order valence-electron chi connectivity index (χ4n) is 16.0. The number of carboxylic acid groups (broad SMARTS) is 1. The van der Waals surface area contributed by atoms with Crippen LogP contribution in [-0.2, 0) is 38.0 Å². The van der Waals surface area contributed by atoms with Crippen molar-refractivity contribution in [3.05, 3.63) is 12.2 Å². The van der Waals surface area contributed by atoms with Crippen molar-refractivity contribution in [2.45, 2.75) is 210 Å². The predicted molar refractivity (Wildman–Crippen MR) is 236 cm³/mol. The highest BCUT2D eigenvalue weighted by atomic mass is 16.9. The highest BCUT2D eigenvalue weighted by Gasteiger charge is 2.73. The molecule has 5 aliphatic carbocycles. The molecule has 0 aromatic rings. The molecule has 3 heterocycles. The van der Waals surface area contributed by atoms with E-state index in [1.807, 2.05) is 13.8 Å². The average molecular weight is 987 g/mol. The third-order valence-corrected chi connectivity index (χ3v) is 20.2. The van der Waals surface area contributed by atoms with Gasteiger partial charge in [0, 0.05) is 0 Å².